The highest BCUT2D eigenvalue weighted by Crippen LogP contribution is 2.37. The zero-order valence-corrected chi connectivity index (χ0v) is 16.3. The molecule has 0 saturated heterocycles. The first-order chi connectivity index (χ1) is 12.5. The molecule has 0 aliphatic rings. The van der Waals surface area contributed by atoms with Crippen LogP contribution in [0.25, 0.3) is 10.6 Å². The smallest absolute Gasteiger partial charge is 0.158 e. The molecule has 0 spiro atoms. The summed E-state index contributed by atoms with van der Waals surface area (Å²) < 4.78 is 10.7. The second-order valence-electron chi connectivity index (χ2n) is 5.57. The molecule has 0 amide bonds. The number of rotatable bonds is 6. The zero-order chi connectivity index (χ0) is 18.7. The van der Waals surface area contributed by atoms with Crippen molar-refractivity contribution in [3.05, 3.63) is 47.0 Å². The summed E-state index contributed by atoms with van der Waals surface area (Å²) in [6, 6.07) is 10.5. The number of phenolic OH excluding ortho intramolecular Hbond substituents is 2. The van der Waals surface area contributed by atoms with Crippen LogP contribution in [-0.4, -0.2) is 29.4 Å². The highest BCUT2D eigenvalue weighted by Gasteiger charge is 2.13. The molecule has 0 bridgehead atoms. The Bertz CT molecular complexity index is 902. The number of thiazole rings is 1. The first kappa shape index (κ1) is 18.4. The van der Waals surface area contributed by atoms with E-state index in [0.29, 0.717) is 0 Å². The van der Waals surface area contributed by atoms with Gasteiger partial charge in [0.2, 0.25) is 0 Å². The van der Waals surface area contributed by atoms with Gasteiger partial charge in [0, 0.05) is 27.2 Å². The van der Waals surface area contributed by atoms with Crippen molar-refractivity contribution in [1.82, 2.24) is 4.98 Å². The van der Waals surface area contributed by atoms with Crippen molar-refractivity contribution in [2.75, 3.05) is 14.2 Å². The summed E-state index contributed by atoms with van der Waals surface area (Å²) in [6.45, 7) is 1.99. The molecule has 0 aliphatic heterocycles. The number of aromatic nitrogens is 1. The Labute approximate surface area is 160 Å². The summed E-state index contributed by atoms with van der Waals surface area (Å²) in [5.41, 5.74) is 1.93. The fraction of sp³-hybridized carbons (Fsp3) is 0.211. The Morgan fingerprint density at radius 2 is 1.69 bits per heavy atom. The Morgan fingerprint density at radius 1 is 1.00 bits per heavy atom. The van der Waals surface area contributed by atoms with Gasteiger partial charge in [-0.1, -0.05) is 0 Å². The quantitative estimate of drug-likeness (QED) is 0.464. The van der Waals surface area contributed by atoms with E-state index in [2.05, 4.69) is 4.98 Å². The average molecular weight is 389 g/mol. The van der Waals surface area contributed by atoms with Gasteiger partial charge in [-0.05, 0) is 37.3 Å². The van der Waals surface area contributed by atoms with Crippen molar-refractivity contribution in [3.8, 4) is 33.6 Å². The van der Waals surface area contributed by atoms with E-state index < -0.39 is 0 Å². The van der Waals surface area contributed by atoms with Crippen LogP contribution in [0, 0.1) is 6.92 Å². The molecule has 0 fully saturated rings. The van der Waals surface area contributed by atoms with Crippen molar-refractivity contribution in [1.29, 1.82) is 0 Å². The Hall–Kier alpha value is -2.38. The zero-order valence-electron chi connectivity index (χ0n) is 14.6. The predicted molar refractivity (Wildman–Crippen MR) is 105 cm³/mol. The van der Waals surface area contributed by atoms with Gasteiger partial charge in [-0.2, -0.15) is 0 Å². The third-order valence-corrected chi connectivity index (χ3v) is 6.22. The van der Waals surface area contributed by atoms with Crippen LogP contribution in [0.5, 0.6) is 23.0 Å². The molecule has 1 heterocycles. The molecule has 26 heavy (non-hydrogen) atoms. The van der Waals surface area contributed by atoms with Crippen molar-refractivity contribution < 1.29 is 19.7 Å². The van der Waals surface area contributed by atoms with Gasteiger partial charge in [0.1, 0.15) is 16.5 Å². The summed E-state index contributed by atoms with van der Waals surface area (Å²) in [5.74, 6) is 1.96. The molecule has 0 atom stereocenters. The normalized spacial score (nSPS) is 10.7. The van der Waals surface area contributed by atoms with Gasteiger partial charge in [0.05, 0.1) is 19.9 Å². The van der Waals surface area contributed by atoms with E-state index in [1.165, 1.54) is 6.07 Å². The maximum absolute atomic E-state index is 9.61. The molecular weight excluding hydrogens is 370 g/mol. The third-order valence-electron chi connectivity index (χ3n) is 3.81. The standard InChI is InChI=1S/C19H19NO4S2/c1-11-18(10-25-15-4-5-16(21)17(22)9-15)26-19(20-11)12-6-13(23-2)8-14(7-12)24-3/h4-9,21-22H,10H2,1-3H3. The summed E-state index contributed by atoms with van der Waals surface area (Å²) >= 11 is 3.21. The van der Waals surface area contributed by atoms with Crippen LogP contribution in [0.4, 0.5) is 0 Å². The van der Waals surface area contributed by atoms with Gasteiger partial charge in [-0.15, -0.1) is 23.1 Å². The van der Waals surface area contributed by atoms with Gasteiger partial charge in [0.15, 0.2) is 11.5 Å². The molecule has 3 rings (SSSR count). The number of hydrogen-bond acceptors (Lipinski definition) is 7. The maximum atomic E-state index is 9.61. The van der Waals surface area contributed by atoms with Crippen molar-refractivity contribution in [2.24, 2.45) is 0 Å². The van der Waals surface area contributed by atoms with Gasteiger partial charge in [-0.3, -0.25) is 0 Å². The van der Waals surface area contributed by atoms with Crippen LogP contribution in [-0.2, 0) is 5.75 Å². The predicted octanol–water partition coefficient (Wildman–Crippen LogP) is 4.84. The van der Waals surface area contributed by atoms with E-state index >= 15 is 0 Å². The average Bonchev–Trinajstić information content (AvgIpc) is 3.03. The minimum absolute atomic E-state index is 0.111. The molecule has 7 heteroatoms. The number of nitrogens with zero attached hydrogens (tertiary/aromatic N) is 1. The number of ether oxygens (including phenoxy) is 2. The molecule has 5 nitrogen and oxygen atoms in total. The van der Waals surface area contributed by atoms with Gasteiger partial charge < -0.3 is 19.7 Å². The lowest BCUT2D eigenvalue weighted by Crippen LogP contribution is -1.88. The van der Waals surface area contributed by atoms with Gasteiger partial charge in [0.25, 0.3) is 0 Å². The number of hydrogen-bond donors (Lipinski definition) is 2. The first-order valence-corrected chi connectivity index (χ1v) is 9.65. The summed E-state index contributed by atoms with van der Waals surface area (Å²) in [5, 5.41) is 19.9. The number of phenols is 2. The summed E-state index contributed by atoms with van der Waals surface area (Å²) in [4.78, 5) is 6.72. The topological polar surface area (TPSA) is 71.8 Å². The number of aryl methyl sites for hydroxylation is 1. The molecular formula is C19H19NO4S2. The van der Waals surface area contributed by atoms with E-state index in [-0.39, 0.29) is 11.5 Å². The fourth-order valence-electron chi connectivity index (χ4n) is 2.36. The minimum Gasteiger partial charge on any atom is -0.504 e. The molecule has 2 N–H and O–H groups in total. The Balaban J connectivity index is 1.81. The first-order valence-electron chi connectivity index (χ1n) is 7.84. The second-order valence-corrected chi connectivity index (χ2v) is 7.70. The highest BCUT2D eigenvalue weighted by molar-refractivity contribution is 7.98. The van der Waals surface area contributed by atoms with E-state index in [1.54, 1.807) is 49.5 Å². The van der Waals surface area contributed by atoms with Gasteiger partial charge in [-0.25, -0.2) is 4.98 Å². The largest absolute Gasteiger partial charge is 0.504 e. The van der Waals surface area contributed by atoms with Crippen LogP contribution >= 0.6 is 23.1 Å². The monoisotopic (exact) mass is 389 g/mol. The third kappa shape index (κ3) is 4.05. The highest BCUT2D eigenvalue weighted by atomic mass is 32.2. The summed E-state index contributed by atoms with van der Waals surface area (Å²) in [6.07, 6.45) is 0. The van der Waals surface area contributed by atoms with Crippen LogP contribution in [0.1, 0.15) is 10.6 Å². The molecule has 1 aromatic heterocycles. The number of thioether (sulfide) groups is 1. The van der Waals surface area contributed by atoms with E-state index in [1.807, 2.05) is 25.1 Å². The lowest BCUT2D eigenvalue weighted by molar-refractivity contribution is 0.394. The van der Waals surface area contributed by atoms with Gasteiger partial charge >= 0.3 is 0 Å². The SMILES string of the molecule is COc1cc(OC)cc(-c2nc(C)c(CSc3ccc(O)c(O)c3)s2)c1. The van der Waals surface area contributed by atoms with Crippen LogP contribution in [0.15, 0.2) is 41.3 Å². The molecule has 3 aromatic rings. The lowest BCUT2D eigenvalue weighted by Gasteiger charge is -2.06. The minimum atomic E-state index is -0.113. The van der Waals surface area contributed by atoms with Crippen molar-refractivity contribution in [2.45, 2.75) is 17.6 Å². The molecule has 0 unspecified atom stereocenters. The van der Waals surface area contributed by atoms with Crippen molar-refractivity contribution in [3.63, 3.8) is 0 Å². The van der Waals surface area contributed by atoms with E-state index in [4.69, 9.17) is 9.47 Å². The number of methoxy groups -OCH3 is 2. The lowest BCUT2D eigenvalue weighted by atomic mass is 10.2. The van der Waals surface area contributed by atoms with E-state index in [9.17, 15) is 10.2 Å². The van der Waals surface area contributed by atoms with Crippen LogP contribution in [0.3, 0.4) is 0 Å². The second kappa shape index (κ2) is 7.88. The van der Waals surface area contributed by atoms with E-state index in [0.717, 1.165) is 43.3 Å². The molecule has 0 aliphatic carbocycles. The fourth-order valence-corrected chi connectivity index (χ4v) is 4.48. The molecule has 0 saturated carbocycles. The van der Waals surface area contributed by atoms with Crippen LogP contribution in [0.2, 0.25) is 0 Å². The van der Waals surface area contributed by atoms with Crippen molar-refractivity contribution >= 4 is 23.1 Å². The van der Waals surface area contributed by atoms with Crippen LogP contribution < -0.4 is 9.47 Å². The number of benzene rings is 2. The number of aromatic hydroxyl groups is 2. The molecule has 2 aromatic carbocycles. The summed E-state index contributed by atoms with van der Waals surface area (Å²) in [7, 11) is 3.25. The Kier molecular flexibility index (Phi) is 5.58. The molecule has 0 radical (unpaired) electrons. The molecule has 136 valence electrons. The Morgan fingerprint density at radius 3 is 2.31 bits per heavy atom. The maximum Gasteiger partial charge on any atom is 0.158 e.